The van der Waals surface area contributed by atoms with Crippen LogP contribution in [0.5, 0.6) is 0 Å². The predicted molar refractivity (Wildman–Crippen MR) is 91.0 cm³/mol. The highest BCUT2D eigenvalue weighted by atomic mass is 32.1. The van der Waals surface area contributed by atoms with Gasteiger partial charge < -0.3 is 9.88 Å². The summed E-state index contributed by atoms with van der Waals surface area (Å²) in [6.45, 7) is 2.79. The van der Waals surface area contributed by atoms with Crippen LogP contribution in [0.15, 0.2) is 48.1 Å². The van der Waals surface area contributed by atoms with Gasteiger partial charge in [-0.3, -0.25) is 4.79 Å². The van der Waals surface area contributed by atoms with Crippen molar-refractivity contribution < 1.29 is 4.79 Å². The second kappa shape index (κ2) is 7.19. The van der Waals surface area contributed by atoms with Gasteiger partial charge in [0.05, 0.1) is 12.2 Å². The molecule has 118 valence electrons. The number of aromatic nitrogens is 3. The maximum Gasteiger partial charge on any atom is 0.240 e. The Bertz CT molecular complexity index is 779. The summed E-state index contributed by atoms with van der Waals surface area (Å²) in [4.78, 5) is 21.0. The largest absolute Gasteiger partial charge is 0.348 e. The molecule has 3 rings (SSSR count). The SMILES string of the molecule is CCc1csc(CNC(=O)Cn2ccnc2-c2ccccc2)n1. The van der Waals surface area contributed by atoms with E-state index in [1.165, 1.54) is 0 Å². The first-order chi connectivity index (χ1) is 11.3. The number of carbonyl (C=O) groups excluding carboxylic acids is 1. The van der Waals surface area contributed by atoms with Gasteiger partial charge in [-0.05, 0) is 6.42 Å². The summed E-state index contributed by atoms with van der Waals surface area (Å²) in [5, 5.41) is 5.88. The Morgan fingerprint density at radius 3 is 2.87 bits per heavy atom. The molecule has 5 nitrogen and oxygen atoms in total. The van der Waals surface area contributed by atoms with Crippen LogP contribution in [0.25, 0.3) is 11.4 Å². The molecule has 0 aliphatic carbocycles. The lowest BCUT2D eigenvalue weighted by atomic mass is 10.2. The summed E-state index contributed by atoms with van der Waals surface area (Å²) >= 11 is 1.58. The topological polar surface area (TPSA) is 59.8 Å². The molecule has 6 heteroatoms. The lowest BCUT2D eigenvalue weighted by molar-refractivity contribution is -0.121. The van der Waals surface area contributed by atoms with Gasteiger partial charge in [-0.1, -0.05) is 37.3 Å². The van der Waals surface area contributed by atoms with Crippen LogP contribution in [-0.4, -0.2) is 20.4 Å². The van der Waals surface area contributed by atoms with Crippen LogP contribution in [0.2, 0.25) is 0 Å². The molecule has 0 radical (unpaired) electrons. The minimum atomic E-state index is -0.0478. The van der Waals surface area contributed by atoms with E-state index in [0.29, 0.717) is 6.54 Å². The Balaban J connectivity index is 1.61. The summed E-state index contributed by atoms with van der Waals surface area (Å²) in [5.41, 5.74) is 2.07. The van der Waals surface area contributed by atoms with Gasteiger partial charge in [0, 0.05) is 23.3 Å². The number of nitrogens with one attached hydrogen (secondary N) is 1. The molecule has 0 saturated carbocycles. The first-order valence-electron chi connectivity index (χ1n) is 7.53. The average Bonchev–Trinajstić information content (AvgIpc) is 3.22. The second-order valence-electron chi connectivity index (χ2n) is 5.11. The minimum Gasteiger partial charge on any atom is -0.348 e. The molecule has 0 unspecified atom stereocenters. The standard InChI is InChI=1S/C17H18N4OS/c1-2-14-12-23-16(20-14)10-19-15(22)11-21-9-8-18-17(21)13-6-4-3-5-7-13/h3-9,12H,2,10-11H2,1H3,(H,19,22). The molecule has 2 aromatic heterocycles. The van der Waals surface area contributed by atoms with Crippen molar-refractivity contribution in [2.24, 2.45) is 0 Å². The Kier molecular flexibility index (Phi) is 4.83. The highest BCUT2D eigenvalue weighted by Crippen LogP contribution is 2.16. The van der Waals surface area contributed by atoms with Gasteiger partial charge in [0.1, 0.15) is 17.4 Å². The van der Waals surface area contributed by atoms with E-state index in [1.54, 1.807) is 17.5 Å². The number of nitrogens with zero attached hydrogens (tertiary/aromatic N) is 3. The maximum absolute atomic E-state index is 12.2. The Morgan fingerprint density at radius 1 is 1.30 bits per heavy atom. The summed E-state index contributed by atoms with van der Waals surface area (Å²) in [6.07, 6.45) is 4.45. The molecular weight excluding hydrogens is 308 g/mol. The molecule has 0 bridgehead atoms. The maximum atomic E-state index is 12.2. The van der Waals surface area contributed by atoms with E-state index in [-0.39, 0.29) is 12.5 Å². The number of hydrogen-bond acceptors (Lipinski definition) is 4. The number of thiazole rings is 1. The van der Waals surface area contributed by atoms with Crippen molar-refractivity contribution in [1.29, 1.82) is 0 Å². The molecule has 1 aromatic carbocycles. The van der Waals surface area contributed by atoms with Gasteiger partial charge in [0.2, 0.25) is 5.91 Å². The Morgan fingerprint density at radius 2 is 2.13 bits per heavy atom. The van der Waals surface area contributed by atoms with Crippen LogP contribution < -0.4 is 5.32 Å². The molecule has 0 saturated heterocycles. The normalized spacial score (nSPS) is 10.7. The third kappa shape index (κ3) is 3.84. The zero-order valence-electron chi connectivity index (χ0n) is 12.9. The van der Waals surface area contributed by atoms with E-state index in [9.17, 15) is 4.79 Å². The number of imidazole rings is 1. The highest BCUT2D eigenvalue weighted by Gasteiger charge is 2.10. The number of benzene rings is 1. The Labute approximate surface area is 139 Å². The van der Waals surface area contributed by atoms with Gasteiger partial charge in [0.25, 0.3) is 0 Å². The van der Waals surface area contributed by atoms with Crippen LogP contribution in [0.3, 0.4) is 0 Å². The second-order valence-corrected chi connectivity index (χ2v) is 6.05. The molecule has 0 atom stereocenters. The number of aryl methyl sites for hydroxylation is 1. The van der Waals surface area contributed by atoms with Gasteiger partial charge in [-0.25, -0.2) is 9.97 Å². The number of hydrogen-bond donors (Lipinski definition) is 1. The van der Waals surface area contributed by atoms with Crippen LogP contribution in [0.1, 0.15) is 17.6 Å². The van der Waals surface area contributed by atoms with E-state index < -0.39 is 0 Å². The fourth-order valence-electron chi connectivity index (χ4n) is 2.26. The van der Waals surface area contributed by atoms with Crippen molar-refractivity contribution in [2.75, 3.05) is 0 Å². The van der Waals surface area contributed by atoms with Crippen LogP contribution in [0.4, 0.5) is 0 Å². The third-order valence-corrected chi connectivity index (χ3v) is 4.36. The van der Waals surface area contributed by atoms with Gasteiger partial charge >= 0.3 is 0 Å². The first-order valence-corrected chi connectivity index (χ1v) is 8.40. The predicted octanol–water partition coefficient (Wildman–Crippen LogP) is 2.89. The molecule has 2 heterocycles. The molecule has 0 fully saturated rings. The van der Waals surface area contributed by atoms with E-state index in [2.05, 4.69) is 22.2 Å². The Hall–Kier alpha value is -2.47. The first kappa shape index (κ1) is 15.4. The third-order valence-electron chi connectivity index (χ3n) is 3.46. The van der Waals surface area contributed by atoms with E-state index in [4.69, 9.17) is 0 Å². The van der Waals surface area contributed by atoms with Crippen molar-refractivity contribution in [3.05, 3.63) is 58.8 Å². The monoisotopic (exact) mass is 326 g/mol. The summed E-state index contributed by atoms with van der Waals surface area (Å²) in [5.74, 6) is 0.747. The summed E-state index contributed by atoms with van der Waals surface area (Å²) < 4.78 is 1.85. The van der Waals surface area contributed by atoms with Gasteiger partial charge in [0.15, 0.2) is 0 Å². The highest BCUT2D eigenvalue weighted by molar-refractivity contribution is 7.09. The van der Waals surface area contributed by atoms with E-state index in [0.717, 1.165) is 28.5 Å². The molecule has 1 amide bonds. The lowest BCUT2D eigenvalue weighted by Gasteiger charge is -2.08. The van der Waals surface area contributed by atoms with Gasteiger partial charge in [-0.2, -0.15) is 0 Å². The van der Waals surface area contributed by atoms with Crippen molar-refractivity contribution >= 4 is 17.2 Å². The smallest absolute Gasteiger partial charge is 0.240 e. The number of amides is 1. The summed E-state index contributed by atoms with van der Waals surface area (Å²) in [6, 6.07) is 9.85. The zero-order valence-corrected chi connectivity index (χ0v) is 13.7. The van der Waals surface area contributed by atoms with E-state index in [1.807, 2.05) is 46.5 Å². The lowest BCUT2D eigenvalue weighted by Crippen LogP contribution is -2.27. The molecule has 0 spiro atoms. The van der Waals surface area contributed by atoms with Crippen LogP contribution in [-0.2, 0) is 24.3 Å². The molecule has 23 heavy (non-hydrogen) atoms. The number of rotatable bonds is 6. The van der Waals surface area contributed by atoms with Gasteiger partial charge in [-0.15, -0.1) is 11.3 Å². The average molecular weight is 326 g/mol. The fraction of sp³-hybridized carbons (Fsp3) is 0.235. The molecule has 1 N–H and O–H groups in total. The fourth-order valence-corrected chi connectivity index (χ4v) is 3.08. The van der Waals surface area contributed by atoms with E-state index >= 15 is 0 Å². The quantitative estimate of drug-likeness (QED) is 0.758. The minimum absolute atomic E-state index is 0.0478. The molecule has 0 aliphatic rings. The van der Waals surface area contributed by atoms with Crippen LogP contribution in [0, 0.1) is 0 Å². The summed E-state index contributed by atoms with van der Waals surface area (Å²) in [7, 11) is 0. The molecular formula is C17H18N4OS. The van der Waals surface area contributed by atoms with Crippen molar-refractivity contribution in [3.8, 4) is 11.4 Å². The zero-order chi connectivity index (χ0) is 16.1. The molecule has 3 aromatic rings. The van der Waals surface area contributed by atoms with Crippen molar-refractivity contribution in [1.82, 2.24) is 19.9 Å². The molecule has 0 aliphatic heterocycles. The van der Waals surface area contributed by atoms with Crippen molar-refractivity contribution in [3.63, 3.8) is 0 Å². The number of carbonyl (C=O) groups is 1. The van der Waals surface area contributed by atoms with Crippen molar-refractivity contribution in [2.45, 2.75) is 26.4 Å². The van der Waals surface area contributed by atoms with Crippen LogP contribution >= 0.6 is 11.3 Å².